The molecule has 0 spiro atoms. The van der Waals surface area contributed by atoms with E-state index in [9.17, 15) is 0 Å². The smallest absolute Gasteiger partial charge is 0.0636 e. The Bertz CT molecular complexity index is 180. The Labute approximate surface area is 68.2 Å². The molecule has 0 rings (SSSR count). The lowest BCUT2D eigenvalue weighted by Gasteiger charge is -1.95. The molecule has 62 valence electrons. The molecule has 0 amide bonds. The van der Waals surface area contributed by atoms with Gasteiger partial charge in [-0.3, -0.25) is 10.3 Å². The molecule has 0 aromatic heterocycles. The quantitative estimate of drug-likeness (QED) is 0.493. The van der Waals surface area contributed by atoms with Crippen LogP contribution in [0.3, 0.4) is 0 Å². The van der Waals surface area contributed by atoms with Crippen molar-refractivity contribution >= 4 is 0 Å². The maximum atomic E-state index is 4.60. The maximum absolute atomic E-state index is 4.60. The zero-order valence-corrected chi connectivity index (χ0v) is 7.35. The lowest BCUT2D eigenvalue weighted by atomic mass is 10.1. The molecule has 0 unspecified atom stereocenters. The summed E-state index contributed by atoms with van der Waals surface area (Å²) in [5.41, 5.74) is 4.83. The highest BCUT2D eigenvalue weighted by atomic mass is 16.6. The van der Waals surface area contributed by atoms with Gasteiger partial charge in [0.25, 0.3) is 0 Å². The second kappa shape index (κ2) is 5.74. The number of rotatable bonds is 4. The van der Waals surface area contributed by atoms with Crippen molar-refractivity contribution in [2.45, 2.75) is 13.8 Å². The van der Waals surface area contributed by atoms with Gasteiger partial charge in [0, 0.05) is 6.20 Å². The molecular weight excluding hydrogens is 138 g/mol. The van der Waals surface area contributed by atoms with E-state index in [-0.39, 0.29) is 0 Å². The van der Waals surface area contributed by atoms with Gasteiger partial charge in [0.15, 0.2) is 0 Å². The van der Waals surface area contributed by atoms with Crippen LogP contribution in [0.1, 0.15) is 13.8 Å². The van der Waals surface area contributed by atoms with Gasteiger partial charge in [-0.05, 0) is 25.5 Å². The molecule has 0 saturated carbocycles. The third kappa shape index (κ3) is 5.43. The Morgan fingerprint density at radius 1 is 1.45 bits per heavy atom. The summed E-state index contributed by atoms with van der Waals surface area (Å²) >= 11 is 0. The fourth-order valence-corrected chi connectivity index (χ4v) is 0.442. The van der Waals surface area contributed by atoms with Crippen LogP contribution in [0.5, 0.6) is 0 Å². The van der Waals surface area contributed by atoms with Gasteiger partial charge in [0.05, 0.1) is 7.11 Å². The summed E-state index contributed by atoms with van der Waals surface area (Å²) in [6.45, 7) is 7.79. The van der Waals surface area contributed by atoms with Gasteiger partial charge in [-0.25, -0.2) is 0 Å². The average molecular weight is 153 g/mol. The molecule has 0 aromatic rings. The zero-order valence-electron chi connectivity index (χ0n) is 7.35. The van der Waals surface area contributed by atoms with Gasteiger partial charge in [-0.15, -0.1) is 0 Å². The van der Waals surface area contributed by atoms with Crippen LogP contribution < -0.4 is 5.48 Å². The van der Waals surface area contributed by atoms with Crippen molar-refractivity contribution in [2.75, 3.05) is 7.11 Å². The van der Waals surface area contributed by atoms with E-state index in [1.165, 1.54) is 5.57 Å². The summed E-state index contributed by atoms with van der Waals surface area (Å²) in [5.74, 6) is 0. The first kappa shape index (κ1) is 9.98. The summed E-state index contributed by atoms with van der Waals surface area (Å²) in [7, 11) is 1.57. The van der Waals surface area contributed by atoms with Crippen LogP contribution >= 0.6 is 0 Å². The second-order valence-corrected chi connectivity index (χ2v) is 2.31. The van der Waals surface area contributed by atoms with Crippen LogP contribution in [-0.4, -0.2) is 7.11 Å². The Hall–Kier alpha value is -1.02. The second-order valence-electron chi connectivity index (χ2n) is 2.31. The molecule has 2 heteroatoms. The first-order valence-electron chi connectivity index (χ1n) is 3.46. The minimum absolute atomic E-state index is 1.08. The largest absolute Gasteiger partial charge is 0.280 e. The number of hydrogen-bond acceptors (Lipinski definition) is 2. The molecule has 0 aliphatic heterocycles. The van der Waals surface area contributed by atoms with Crippen molar-refractivity contribution in [1.29, 1.82) is 0 Å². The van der Waals surface area contributed by atoms with Crippen LogP contribution in [0, 0.1) is 0 Å². The van der Waals surface area contributed by atoms with E-state index in [0.717, 1.165) is 5.57 Å². The summed E-state index contributed by atoms with van der Waals surface area (Å²) in [6.07, 6.45) is 5.55. The monoisotopic (exact) mass is 153 g/mol. The average Bonchev–Trinajstić information content (AvgIpc) is 1.97. The predicted molar refractivity (Wildman–Crippen MR) is 47.9 cm³/mol. The van der Waals surface area contributed by atoms with Crippen LogP contribution in [-0.2, 0) is 4.84 Å². The van der Waals surface area contributed by atoms with Gasteiger partial charge in [0.1, 0.15) is 0 Å². The molecule has 1 N–H and O–H groups in total. The Morgan fingerprint density at radius 2 is 2.09 bits per heavy atom. The maximum Gasteiger partial charge on any atom is 0.0636 e. The van der Waals surface area contributed by atoms with E-state index in [1.54, 1.807) is 13.3 Å². The number of hydroxylamine groups is 1. The van der Waals surface area contributed by atoms with E-state index in [1.807, 2.05) is 26.0 Å². The molecule has 2 nitrogen and oxygen atoms in total. The lowest BCUT2D eigenvalue weighted by Crippen LogP contribution is -1.99. The molecule has 0 aliphatic rings. The van der Waals surface area contributed by atoms with Crippen LogP contribution in [0.25, 0.3) is 0 Å². The standard InChI is InChI=1S/C9H15NO/c1-8(2)9(3)6-5-7-10-11-4/h5-7,10H,1H2,2-4H3/b7-5-,9-6-. The third-order valence-corrected chi connectivity index (χ3v) is 1.30. The normalized spacial score (nSPS) is 12.1. The Morgan fingerprint density at radius 3 is 2.55 bits per heavy atom. The SMILES string of the molecule is C=C(C)/C(C)=C\C=C/NOC. The number of allylic oxidation sites excluding steroid dienone is 4. The predicted octanol–water partition coefficient (Wildman–Crippen LogP) is 2.17. The van der Waals surface area contributed by atoms with Crippen molar-refractivity contribution in [2.24, 2.45) is 0 Å². The van der Waals surface area contributed by atoms with E-state index < -0.39 is 0 Å². The number of nitrogens with one attached hydrogen (secondary N) is 1. The summed E-state index contributed by atoms with van der Waals surface area (Å²) < 4.78 is 0. The van der Waals surface area contributed by atoms with Crippen molar-refractivity contribution in [3.05, 3.63) is 36.1 Å². The minimum atomic E-state index is 1.08. The highest BCUT2D eigenvalue weighted by Gasteiger charge is 1.83. The molecule has 0 saturated heterocycles. The van der Waals surface area contributed by atoms with Gasteiger partial charge in [-0.1, -0.05) is 18.2 Å². The van der Waals surface area contributed by atoms with E-state index >= 15 is 0 Å². The minimum Gasteiger partial charge on any atom is -0.280 e. The van der Waals surface area contributed by atoms with Gasteiger partial charge in [-0.2, -0.15) is 0 Å². The lowest BCUT2D eigenvalue weighted by molar-refractivity contribution is 0.128. The van der Waals surface area contributed by atoms with Crippen molar-refractivity contribution in [3.8, 4) is 0 Å². The first-order chi connectivity index (χ1) is 5.18. The fraction of sp³-hybridized carbons (Fsp3) is 0.333. The Kier molecular flexibility index (Phi) is 5.21. The topological polar surface area (TPSA) is 21.3 Å². The van der Waals surface area contributed by atoms with E-state index in [4.69, 9.17) is 0 Å². The van der Waals surface area contributed by atoms with Gasteiger partial charge in [0.2, 0.25) is 0 Å². The molecule has 0 fully saturated rings. The summed E-state index contributed by atoms with van der Waals surface area (Å²) in [6, 6.07) is 0. The Balaban J connectivity index is 3.81. The highest BCUT2D eigenvalue weighted by Crippen LogP contribution is 2.03. The van der Waals surface area contributed by atoms with Crippen molar-refractivity contribution in [1.82, 2.24) is 5.48 Å². The molecule has 0 bridgehead atoms. The third-order valence-electron chi connectivity index (χ3n) is 1.30. The highest BCUT2D eigenvalue weighted by molar-refractivity contribution is 5.27. The molecule has 0 radical (unpaired) electrons. The van der Waals surface area contributed by atoms with E-state index in [2.05, 4.69) is 16.9 Å². The molecule has 0 aliphatic carbocycles. The summed E-state index contributed by atoms with van der Waals surface area (Å²) in [5, 5.41) is 0. The van der Waals surface area contributed by atoms with Gasteiger partial charge >= 0.3 is 0 Å². The van der Waals surface area contributed by atoms with Crippen molar-refractivity contribution in [3.63, 3.8) is 0 Å². The van der Waals surface area contributed by atoms with E-state index in [0.29, 0.717) is 0 Å². The molecule has 0 heterocycles. The van der Waals surface area contributed by atoms with Crippen LogP contribution in [0.15, 0.2) is 36.1 Å². The summed E-state index contributed by atoms with van der Waals surface area (Å²) in [4.78, 5) is 4.60. The molecule has 11 heavy (non-hydrogen) atoms. The van der Waals surface area contributed by atoms with Crippen molar-refractivity contribution < 1.29 is 4.84 Å². The fourth-order valence-electron chi connectivity index (χ4n) is 0.442. The molecule has 0 atom stereocenters. The zero-order chi connectivity index (χ0) is 8.69. The molecular formula is C9H15NO. The number of hydrogen-bond donors (Lipinski definition) is 1. The van der Waals surface area contributed by atoms with Crippen LogP contribution in [0.4, 0.5) is 0 Å². The first-order valence-corrected chi connectivity index (χ1v) is 3.46. The molecule has 0 aromatic carbocycles. The van der Waals surface area contributed by atoms with Gasteiger partial charge < -0.3 is 0 Å². The van der Waals surface area contributed by atoms with Crippen LogP contribution in [0.2, 0.25) is 0 Å².